The quantitative estimate of drug-likeness (QED) is 0.660. The van der Waals surface area contributed by atoms with Crippen LogP contribution in [0.4, 0.5) is 11.6 Å². The molecule has 1 fully saturated rings. The normalized spacial score (nSPS) is 18.1. The highest BCUT2D eigenvalue weighted by molar-refractivity contribution is 5.95. The van der Waals surface area contributed by atoms with Gasteiger partial charge in [-0.1, -0.05) is 18.2 Å². The summed E-state index contributed by atoms with van der Waals surface area (Å²) in [4.78, 5) is 15.0. The Morgan fingerprint density at radius 2 is 1.78 bits per heavy atom. The molecule has 0 unspecified atom stereocenters. The molecule has 32 heavy (non-hydrogen) atoms. The number of para-hydroxylation sites is 1. The standard InChI is InChI=1S/C24H28N6O2/c1-15(2)32-19-9-5-4-8-17(19)18-14-22(31)25-24-23(18)16(3)28-30(24)21-11-10-20(26-27-21)29-12-6-7-13-29/h4-5,8-11,15,18H,6-7,12-14H2,1-3H3,(H,25,31)/t18-/m1/s1. The number of anilines is 2. The van der Waals surface area contributed by atoms with Crippen molar-refractivity contribution in [1.82, 2.24) is 20.0 Å². The van der Waals surface area contributed by atoms with Crippen LogP contribution in [-0.4, -0.2) is 45.1 Å². The van der Waals surface area contributed by atoms with E-state index >= 15 is 0 Å². The number of nitrogens with one attached hydrogen (secondary N) is 1. The number of hydrogen-bond acceptors (Lipinski definition) is 6. The number of ether oxygens (including phenoxy) is 1. The van der Waals surface area contributed by atoms with Gasteiger partial charge in [0.25, 0.3) is 0 Å². The summed E-state index contributed by atoms with van der Waals surface area (Å²) in [5.74, 6) is 2.74. The van der Waals surface area contributed by atoms with E-state index in [1.54, 1.807) is 4.68 Å². The van der Waals surface area contributed by atoms with Crippen molar-refractivity contribution in [1.29, 1.82) is 0 Å². The number of amides is 1. The molecular weight excluding hydrogens is 404 g/mol. The van der Waals surface area contributed by atoms with Gasteiger partial charge in [-0.25, -0.2) is 0 Å². The number of aromatic nitrogens is 4. The number of carbonyl (C=O) groups excluding carboxylic acids is 1. The Kier molecular flexibility index (Phi) is 5.28. The molecule has 0 aliphatic carbocycles. The molecule has 1 N–H and O–H groups in total. The summed E-state index contributed by atoms with van der Waals surface area (Å²) in [5.41, 5.74) is 2.85. The van der Waals surface area contributed by atoms with Crippen molar-refractivity contribution in [2.75, 3.05) is 23.3 Å². The Labute approximate surface area is 187 Å². The molecule has 2 aliphatic rings. The second kappa shape index (κ2) is 8.26. The van der Waals surface area contributed by atoms with Crippen molar-refractivity contribution in [2.24, 2.45) is 0 Å². The van der Waals surface area contributed by atoms with E-state index in [-0.39, 0.29) is 17.9 Å². The topological polar surface area (TPSA) is 85.2 Å². The SMILES string of the molecule is Cc1nn(-c2ccc(N3CCCC3)nn2)c2c1[C@@H](c1ccccc1OC(C)C)CC(=O)N2. The van der Waals surface area contributed by atoms with Crippen LogP contribution in [0.25, 0.3) is 5.82 Å². The van der Waals surface area contributed by atoms with E-state index in [0.29, 0.717) is 18.1 Å². The highest BCUT2D eigenvalue weighted by Crippen LogP contribution is 2.43. The molecule has 2 aromatic heterocycles. The highest BCUT2D eigenvalue weighted by Gasteiger charge is 2.34. The molecule has 3 aromatic rings. The molecule has 0 bridgehead atoms. The van der Waals surface area contributed by atoms with Crippen molar-refractivity contribution in [3.63, 3.8) is 0 Å². The maximum absolute atomic E-state index is 12.7. The average molecular weight is 433 g/mol. The number of benzene rings is 1. The van der Waals surface area contributed by atoms with E-state index in [2.05, 4.69) is 20.4 Å². The number of hydrogen-bond donors (Lipinski definition) is 1. The van der Waals surface area contributed by atoms with E-state index in [1.165, 1.54) is 12.8 Å². The fourth-order valence-electron chi connectivity index (χ4n) is 4.65. The fraction of sp³-hybridized carbons (Fsp3) is 0.417. The zero-order valence-corrected chi connectivity index (χ0v) is 18.7. The van der Waals surface area contributed by atoms with Crippen LogP contribution in [0.15, 0.2) is 36.4 Å². The van der Waals surface area contributed by atoms with Crippen molar-refractivity contribution < 1.29 is 9.53 Å². The maximum atomic E-state index is 12.7. The van der Waals surface area contributed by atoms with Gasteiger partial charge >= 0.3 is 0 Å². The third kappa shape index (κ3) is 3.70. The first-order chi connectivity index (χ1) is 15.5. The molecule has 8 heteroatoms. The predicted molar refractivity (Wildman–Crippen MR) is 123 cm³/mol. The Balaban J connectivity index is 1.54. The third-order valence-electron chi connectivity index (χ3n) is 6.04. The predicted octanol–water partition coefficient (Wildman–Crippen LogP) is 3.83. The number of rotatable bonds is 5. The van der Waals surface area contributed by atoms with Crippen LogP contribution in [0.3, 0.4) is 0 Å². The average Bonchev–Trinajstić information content (AvgIpc) is 3.42. The first-order valence-electron chi connectivity index (χ1n) is 11.2. The minimum atomic E-state index is -0.140. The molecule has 0 spiro atoms. The molecule has 4 heterocycles. The van der Waals surface area contributed by atoms with Crippen molar-refractivity contribution in [2.45, 2.75) is 52.1 Å². The number of aryl methyl sites for hydroxylation is 1. The molecule has 1 aromatic carbocycles. The van der Waals surface area contributed by atoms with Crippen molar-refractivity contribution >= 4 is 17.5 Å². The molecule has 5 rings (SSSR count). The summed E-state index contributed by atoms with van der Waals surface area (Å²) < 4.78 is 7.75. The van der Waals surface area contributed by atoms with Gasteiger partial charge in [0.2, 0.25) is 5.91 Å². The summed E-state index contributed by atoms with van der Waals surface area (Å²) in [5, 5.41) is 16.6. The first kappa shape index (κ1) is 20.5. The Morgan fingerprint density at radius 1 is 1.06 bits per heavy atom. The van der Waals surface area contributed by atoms with Crippen LogP contribution in [0, 0.1) is 6.92 Å². The Hall–Kier alpha value is -3.42. The van der Waals surface area contributed by atoms with Gasteiger partial charge in [-0.2, -0.15) is 9.78 Å². The lowest BCUT2D eigenvalue weighted by Gasteiger charge is -2.26. The second-order valence-corrected chi connectivity index (χ2v) is 8.71. The molecule has 8 nitrogen and oxygen atoms in total. The maximum Gasteiger partial charge on any atom is 0.226 e. The molecule has 1 saturated heterocycles. The number of nitrogens with zero attached hydrogens (tertiary/aromatic N) is 5. The largest absolute Gasteiger partial charge is 0.491 e. The van der Waals surface area contributed by atoms with E-state index < -0.39 is 0 Å². The van der Waals surface area contributed by atoms with Gasteiger partial charge < -0.3 is 15.0 Å². The zero-order valence-electron chi connectivity index (χ0n) is 18.7. The van der Waals surface area contributed by atoms with Gasteiger partial charge in [0.05, 0.1) is 11.8 Å². The molecule has 2 aliphatic heterocycles. The Morgan fingerprint density at radius 3 is 2.50 bits per heavy atom. The molecule has 166 valence electrons. The minimum absolute atomic E-state index is 0.0428. The van der Waals surface area contributed by atoms with Crippen molar-refractivity contribution in [3.8, 4) is 11.6 Å². The summed E-state index contributed by atoms with van der Waals surface area (Å²) in [6.07, 6.45) is 2.76. The van der Waals surface area contributed by atoms with Crippen molar-refractivity contribution in [3.05, 3.63) is 53.2 Å². The van der Waals surface area contributed by atoms with Crippen LogP contribution in [0.2, 0.25) is 0 Å². The van der Waals surface area contributed by atoms with E-state index in [0.717, 1.165) is 41.5 Å². The molecule has 1 atom stereocenters. The van der Waals surface area contributed by atoms with Gasteiger partial charge in [0.1, 0.15) is 11.6 Å². The van der Waals surface area contributed by atoms with E-state index in [1.807, 2.05) is 57.2 Å². The molecular formula is C24H28N6O2. The van der Waals surface area contributed by atoms with Gasteiger partial charge in [0, 0.05) is 36.6 Å². The molecule has 0 saturated carbocycles. The lowest BCUT2D eigenvalue weighted by molar-refractivity contribution is -0.116. The summed E-state index contributed by atoms with van der Waals surface area (Å²) in [6, 6.07) is 11.8. The monoisotopic (exact) mass is 432 g/mol. The third-order valence-corrected chi connectivity index (χ3v) is 6.04. The van der Waals surface area contributed by atoms with Gasteiger partial charge in [-0.15, -0.1) is 10.2 Å². The van der Waals surface area contributed by atoms with Crippen LogP contribution in [0.1, 0.15) is 55.8 Å². The summed E-state index contributed by atoms with van der Waals surface area (Å²) >= 11 is 0. The van der Waals surface area contributed by atoms with Crippen LogP contribution in [0.5, 0.6) is 5.75 Å². The summed E-state index contributed by atoms with van der Waals surface area (Å²) in [6.45, 7) is 8.00. The van der Waals surface area contributed by atoms with Crippen LogP contribution >= 0.6 is 0 Å². The van der Waals surface area contributed by atoms with Gasteiger partial charge in [-0.05, 0) is 51.8 Å². The van der Waals surface area contributed by atoms with Gasteiger partial charge in [0.15, 0.2) is 11.6 Å². The minimum Gasteiger partial charge on any atom is -0.491 e. The lowest BCUT2D eigenvalue weighted by atomic mass is 9.85. The fourth-order valence-corrected chi connectivity index (χ4v) is 4.65. The first-order valence-corrected chi connectivity index (χ1v) is 11.2. The zero-order chi connectivity index (χ0) is 22.2. The molecule has 0 radical (unpaired) electrons. The highest BCUT2D eigenvalue weighted by atomic mass is 16.5. The lowest BCUT2D eigenvalue weighted by Crippen LogP contribution is -2.25. The smallest absolute Gasteiger partial charge is 0.226 e. The Bertz CT molecular complexity index is 1130. The second-order valence-electron chi connectivity index (χ2n) is 8.71. The van der Waals surface area contributed by atoms with Gasteiger partial charge in [-0.3, -0.25) is 4.79 Å². The number of carbonyl (C=O) groups is 1. The van der Waals surface area contributed by atoms with Crippen LogP contribution in [-0.2, 0) is 4.79 Å². The number of fused-ring (bicyclic) bond motifs is 1. The summed E-state index contributed by atoms with van der Waals surface area (Å²) in [7, 11) is 0. The van der Waals surface area contributed by atoms with E-state index in [4.69, 9.17) is 9.84 Å². The van der Waals surface area contributed by atoms with Crippen LogP contribution < -0.4 is 15.0 Å². The molecule has 1 amide bonds. The van der Waals surface area contributed by atoms with E-state index in [9.17, 15) is 4.79 Å².